The molecule has 0 fully saturated rings. The number of ether oxygens (including phenoxy) is 3. The molecule has 0 bridgehead atoms. The molecule has 1 aliphatic rings. The zero-order valence-corrected chi connectivity index (χ0v) is 26.6. The molecule has 1 N–H and O–H groups in total. The third-order valence-electron chi connectivity index (χ3n) is 7.32. The number of esters is 1. The standard InChI is InChI=1S/C35H35N3O6S/c1-6-43-28-18-23(16-17-27(28)44-20-30(39)37-26-15-11-10-14-25(26)21(2)3)19-29-33(40)38-32(24-12-8-7-9-13-24)31(34(41)42-5)22(4)36-35(38)45-29/h7-19,21,32H,6,20H2,1-5H3,(H,37,39). The molecule has 10 heteroatoms. The van der Waals surface area contributed by atoms with Crippen molar-refractivity contribution in [2.24, 2.45) is 4.99 Å². The van der Waals surface area contributed by atoms with Crippen LogP contribution in [0.1, 0.15) is 56.3 Å². The van der Waals surface area contributed by atoms with Crippen LogP contribution in [0, 0.1) is 0 Å². The van der Waals surface area contributed by atoms with Gasteiger partial charge in [-0.1, -0.05) is 79.8 Å². The summed E-state index contributed by atoms with van der Waals surface area (Å²) in [6, 6.07) is 21.6. The molecule has 0 spiro atoms. The zero-order valence-electron chi connectivity index (χ0n) is 25.8. The number of amides is 1. The first-order valence-corrected chi connectivity index (χ1v) is 15.5. The number of benzene rings is 3. The molecule has 0 saturated carbocycles. The Balaban J connectivity index is 1.44. The van der Waals surface area contributed by atoms with E-state index >= 15 is 0 Å². The largest absolute Gasteiger partial charge is 0.490 e. The van der Waals surface area contributed by atoms with Crippen LogP contribution in [0.15, 0.2) is 93.9 Å². The van der Waals surface area contributed by atoms with Gasteiger partial charge in [0, 0.05) is 5.69 Å². The number of nitrogens with zero attached hydrogens (tertiary/aromatic N) is 2. The average Bonchev–Trinajstić information content (AvgIpc) is 3.34. The number of para-hydroxylation sites is 1. The Labute approximate surface area is 265 Å². The van der Waals surface area contributed by atoms with E-state index in [-0.39, 0.29) is 24.0 Å². The van der Waals surface area contributed by atoms with Crippen LogP contribution in [0.2, 0.25) is 0 Å². The highest BCUT2D eigenvalue weighted by Crippen LogP contribution is 2.31. The summed E-state index contributed by atoms with van der Waals surface area (Å²) in [6.45, 7) is 7.92. The van der Waals surface area contributed by atoms with E-state index in [2.05, 4.69) is 24.2 Å². The first kappa shape index (κ1) is 31.5. The predicted molar refractivity (Wildman–Crippen MR) is 174 cm³/mol. The fraction of sp³-hybridized carbons (Fsp3) is 0.257. The molecule has 232 valence electrons. The Morgan fingerprint density at radius 1 is 1.02 bits per heavy atom. The summed E-state index contributed by atoms with van der Waals surface area (Å²) in [4.78, 5) is 44.5. The third kappa shape index (κ3) is 6.76. The Hall–Kier alpha value is -4.96. The number of thiazole rings is 1. The lowest BCUT2D eigenvalue weighted by atomic mass is 9.96. The van der Waals surface area contributed by atoms with Crippen LogP contribution >= 0.6 is 11.3 Å². The molecule has 0 radical (unpaired) electrons. The minimum Gasteiger partial charge on any atom is -0.490 e. The molecule has 2 heterocycles. The molecule has 0 saturated heterocycles. The van der Waals surface area contributed by atoms with E-state index < -0.39 is 12.0 Å². The van der Waals surface area contributed by atoms with E-state index in [0.29, 0.717) is 44.3 Å². The summed E-state index contributed by atoms with van der Waals surface area (Å²) in [5, 5.41) is 2.93. The monoisotopic (exact) mass is 625 g/mol. The average molecular weight is 626 g/mol. The summed E-state index contributed by atoms with van der Waals surface area (Å²) < 4.78 is 18.7. The predicted octanol–water partition coefficient (Wildman–Crippen LogP) is 4.95. The summed E-state index contributed by atoms with van der Waals surface area (Å²) in [5.41, 5.74) is 3.81. The topological polar surface area (TPSA) is 108 Å². The summed E-state index contributed by atoms with van der Waals surface area (Å²) in [5.74, 6) is 0.288. The fourth-order valence-electron chi connectivity index (χ4n) is 5.24. The first-order chi connectivity index (χ1) is 21.7. The normalized spacial score (nSPS) is 14.5. The van der Waals surface area contributed by atoms with E-state index in [9.17, 15) is 14.4 Å². The maximum atomic E-state index is 13.8. The maximum Gasteiger partial charge on any atom is 0.338 e. The lowest BCUT2D eigenvalue weighted by Gasteiger charge is -2.24. The smallest absolute Gasteiger partial charge is 0.338 e. The van der Waals surface area contributed by atoms with Crippen LogP contribution in [0.3, 0.4) is 0 Å². The fourth-order valence-corrected chi connectivity index (χ4v) is 6.29. The van der Waals surface area contributed by atoms with Crippen molar-refractivity contribution in [3.8, 4) is 11.5 Å². The highest BCUT2D eigenvalue weighted by Gasteiger charge is 2.33. The highest BCUT2D eigenvalue weighted by atomic mass is 32.1. The Morgan fingerprint density at radius 2 is 1.76 bits per heavy atom. The van der Waals surface area contributed by atoms with Crippen LogP contribution < -0.4 is 29.7 Å². The van der Waals surface area contributed by atoms with Gasteiger partial charge < -0.3 is 19.5 Å². The lowest BCUT2D eigenvalue weighted by Crippen LogP contribution is -2.39. The number of hydrogen-bond acceptors (Lipinski definition) is 8. The molecule has 1 atom stereocenters. The molecule has 4 aromatic rings. The number of allylic oxidation sites excluding steroid dienone is 1. The van der Waals surface area contributed by atoms with Gasteiger partial charge in [0.2, 0.25) is 0 Å². The van der Waals surface area contributed by atoms with Crippen LogP contribution in [-0.2, 0) is 14.3 Å². The van der Waals surface area contributed by atoms with Gasteiger partial charge in [-0.2, -0.15) is 0 Å². The lowest BCUT2D eigenvalue weighted by molar-refractivity contribution is -0.136. The van der Waals surface area contributed by atoms with Gasteiger partial charge in [0.25, 0.3) is 11.5 Å². The highest BCUT2D eigenvalue weighted by molar-refractivity contribution is 7.07. The van der Waals surface area contributed by atoms with Crippen molar-refractivity contribution >= 4 is 35.0 Å². The molecule has 0 aliphatic carbocycles. The van der Waals surface area contributed by atoms with E-state index in [1.54, 1.807) is 35.8 Å². The van der Waals surface area contributed by atoms with E-state index in [1.807, 2.05) is 61.5 Å². The van der Waals surface area contributed by atoms with Crippen LogP contribution in [0.5, 0.6) is 11.5 Å². The van der Waals surface area contributed by atoms with Gasteiger partial charge in [0.1, 0.15) is 0 Å². The second kappa shape index (κ2) is 13.8. The van der Waals surface area contributed by atoms with Crippen molar-refractivity contribution in [2.75, 3.05) is 25.6 Å². The molecular weight excluding hydrogens is 590 g/mol. The van der Waals surface area contributed by atoms with Gasteiger partial charge in [-0.3, -0.25) is 14.2 Å². The molecule has 1 aliphatic heterocycles. The van der Waals surface area contributed by atoms with Crippen molar-refractivity contribution in [3.05, 3.63) is 120 Å². The summed E-state index contributed by atoms with van der Waals surface area (Å²) in [6.07, 6.45) is 1.75. The number of rotatable bonds is 10. The molecular formula is C35H35N3O6S. The number of nitrogens with one attached hydrogen (secondary N) is 1. The third-order valence-corrected chi connectivity index (χ3v) is 8.31. The van der Waals surface area contributed by atoms with Gasteiger partial charge in [0.15, 0.2) is 22.9 Å². The Kier molecular flexibility index (Phi) is 9.63. The van der Waals surface area contributed by atoms with Crippen LogP contribution in [0.4, 0.5) is 5.69 Å². The zero-order chi connectivity index (χ0) is 32.1. The minimum absolute atomic E-state index is 0.203. The maximum absolute atomic E-state index is 13.8. The Morgan fingerprint density at radius 3 is 2.47 bits per heavy atom. The minimum atomic E-state index is -0.675. The molecule has 1 aromatic heterocycles. The molecule has 45 heavy (non-hydrogen) atoms. The van der Waals surface area contributed by atoms with Crippen LogP contribution in [0.25, 0.3) is 6.08 Å². The van der Waals surface area contributed by atoms with Crippen LogP contribution in [-0.4, -0.2) is 36.8 Å². The van der Waals surface area contributed by atoms with E-state index in [1.165, 1.54) is 18.4 Å². The van der Waals surface area contributed by atoms with Gasteiger partial charge in [-0.05, 0) is 60.7 Å². The van der Waals surface area contributed by atoms with Crippen molar-refractivity contribution < 1.29 is 23.8 Å². The van der Waals surface area contributed by atoms with Crippen molar-refractivity contribution in [3.63, 3.8) is 0 Å². The first-order valence-electron chi connectivity index (χ1n) is 14.7. The number of carbonyl (C=O) groups excluding carboxylic acids is 2. The van der Waals surface area contributed by atoms with Gasteiger partial charge in [-0.15, -0.1) is 0 Å². The molecule has 3 aromatic carbocycles. The summed E-state index contributed by atoms with van der Waals surface area (Å²) in [7, 11) is 1.32. The van der Waals surface area contributed by atoms with Gasteiger partial charge in [-0.25, -0.2) is 9.79 Å². The van der Waals surface area contributed by atoms with E-state index in [0.717, 1.165) is 16.8 Å². The second-order valence-electron chi connectivity index (χ2n) is 10.7. The number of aromatic nitrogens is 1. The van der Waals surface area contributed by atoms with Gasteiger partial charge >= 0.3 is 5.97 Å². The second-order valence-corrected chi connectivity index (χ2v) is 11.7. The van der Waals surface area contributed by atoms with Crippen molar-refractivity contribution in [1.82, 2.24) is 4.57 Å². The molecule has 5 rings (SSSR count). The Bertz CT molecular complexity index is 1940. The number of hydrogen-bond donors (Lipinski definition) is 1. The number of carbonyl (C=O) groups is 2. The van der Waals surface area contributed by atoms with E-state index in [4.69, 9.17) is 14.2 Å². The number of fused-ring (bicyclic) bond motifs is 1. The summed E-state index contributed by atoms with van der Waals surface area (Å²) >= 11 is 1.24. The number of anilines is 1. The molecule has 1 unspecified atom stereocenters. The van der Waals surface area contributed by atoms with Gasteiger partial charge in [0.05, 0.1) is 35.6 Å². The SMILES string of the molecule is CCOc1cc(C=c2sc3n(c2=O)C(c2ccccc2)C(C(=O)OC)=C(C)N=3)ccc1OCC(=O)Nc1ccccc1C(C)C. The molecule has 9 nitrogen and oxygen atoms in total. The van der Waals surface area contributed by atoms with Crippen molar-refractivity contribution in [2.45, 2.75) is 39.7 Å². The number of methoxy groups -OCH3 is 1. The quantitative estimate of drug-likeness (QED) is 0.250. The molecule has 1 amide bonds. The van der Waals surface area contributed by atoms with Crippen molar-refractivity contribution in [1.29, 1.82) is 0 Å².